The Bertz CT molecular complexity index is 1220. The molecule has 1 fully saturated rings. The summed E-state index contributed by atoms with van der Waals surface area (Å²) in [6, 6.07) is 3.64. The lowest BCUT2D eigenvalue weighted by Crippen LogP contribution is -2.54. The highest BCUT2D eigenvalue weighted by atomic mass is 19.1. The van der Waals surface area contributed by atoms with Gasteiger partial charge >= 0.3 is 0 Å². The summed E-state index contributed by atoms with van der Waals surface area (Å²) >= 11 is 0. The number of amides is 1. The van der Waals surface area contributed by atoms with Crippen LogP contribution in [-0.4, -0.2) is 62.7 Å². The summed E-state index contributed by atoms with van der Waals surface area (Å²) in [7, 11) is 0. The average molecular weight is 470 g/mol. The molecule has 5 rings (SSSR count). The van der Waals surface area contributed by atoms with Gasteiger partial charge in [-0.15, -0.1) is 0 Å². The molecule has 0 spiro atoms. The Morgan fingerprint density at radius 2 is 2.21 bits per heavy atom. The summed E-state index contributed by atoms with van der Waals surface area (Å²) in [6.45, 7) is -0.466. The second-order valence-corrected chi connectivity index (χ2v) is 7.88. The Morgan fingerprint density at radius 3 is 2.94 bits per heavy atom. The number of amidine groups is 1. The van der Waals surface area contributed by atoms with E-state index in [4.69, 9.17) is 15.2 Å². The molecule has 3 aromatic rings. The van der Waals surface area contributed by atoms with Crippen molar-refractivity contribution in [2.24, 2.45) is 16.6 Å². The van der Waals surface area contributed by atoms with Crippen molar-refractivity contribution in [1.82, 2.24) is 24.7 Å². The number of carbonyl (C=O) groups is 1. The number of carbonyl (C=O) groups excluding carboxylic acids is 1. The third-order valence-electron chi connectivity index (χ3n) is 5.91. The smallest absolute Gasteiger partial charge is 0.283 e. The van der Waals surface area contributed by atoms with Crippen molar-refractivity contribution in [3.8, 4) is 5.82 Å². The van der Waals surface area contributed by atoms with E-state index in [0.717, 1.165) is 6.07 Å². The number of hydrogen-bond donors (Lipinski definition) is 2. The molecule has 2 aliphatic heterocycles. The standard InChI is InChI=1S/C21H20F2N8O3/c22-9-21(14-8-33-4-3-17(14)34-20(24)30-21)13-5-12(1-2-15(13)23)29-19(32)16-6-27-18(7-26-16)31-11-25-10-28-31/h1-2,5-7,10-11,14,17H,3-4,8-9H2,(H2,24,30)(H,29,32)/t14-,17+,21+/m0/s1. The predicted molar refractivity (Wildman–Crippen MR) is 114 cm³/mol. The Hall–Kier alpha value is -4.00. The first-order chi connectivity index (χ1) is 16.5. The van der Waals surface area contributed by atoms with Crippen LogP contribution >= 0.6 is 0 Å². The quantitative estimate of drug-likeness (QED) is 0.569. The van der Waals surface area contributed by atoms with Gasteiger partial charge in [-0.25, -0.2) is 33.4 Å². The number of anilines is 1. The average Bonchev–Trinajstić information content (AvgIpc) is 3.40. The van der Waals surface area contributed by atoms with Gasteiger partial charge in [-0.2, -0.15) is 5.10 Å². The van der Waals surface area contributed by atoms with E-state index in [1.165, 1.54) is 41.9 Å². The van der Waals surface area contributed by atoms with E-state index < -0.39 is 36.0 Å². The van der Waals surface area contributed by atoms with Gasteiger partial charge < -0.3 is 20.5 Å². The zero-order valence-electron chi connectivity index (χ0n) is 17.8. The highest BCUT2D eigenvalue weighted by molar-refractivity contribution is 6.02. The number of alkyl halides is 1. The molecule has 0 bridgehead atoms. The minimum absolute atomic E-state index is 0.0176. The van der Waals surface area contributed by atoms with E-state index in [0.29, 0.717) is 18.8 Å². The summed E-state index contributed by atoms with van der Waals surface area (Å²) < 4.78 is 42.1. The van der Waals surface area contributed by atoms with Crippen molar-refractivity contribution in [3.05, 3.63) is 60.3 Å². The van der Waals surface area contributed by atoms with Crippen molar-refractivity contribution >= 4 is 17.6 Å². The number of ether oxygens (including phenoxy) is 2. The third kappa shape index (κ3) is 3.83. The maximum atomic E-state index is 15.0. The molecule has 3 atom stereocenters. The number of nitrogens with zero attached hydrogens (tertiary/aromatic N) is 6. The van der Waals surface area contributed by atoms with Crippen molar-refractivity contribution < 1.29 is 23.0 Å². The van der Waals surface area contributed by atoms with Gasteiger partial charge in [0, 0.05) is 17.7 Å². The van der Waals surface area contributed by atoms with Gasteiger partial charge in [-0.05, 0) is 18.2 Å². The van der Waals surface area contributed by atoms with Gasteiger partial charge in [0.1, 0.15) is 42.5 Å². The number of halogens is 2. The molecule has 0 radical (unpaired) electrons. The zero-order chi connectivity index (χ0) is 23.7. The molecule has 1 amide bonds. The van der Waals surface area contributed by atoms with Crippen LogP contribution in [0.15, 0.2) is 48.2 Å². The molecular weight excluding hydrogens is 450 g/mol. The maximum absolute atomic E-state index is 15.0. The van der Waals surface area contributed by atoms with Crippen LogP contribution in [0.2, 0.25) is 0 Å². The van der Waals surface area contributed by atoms with Crippen LogP contribution in [0.1, 0.15) is 22.5 Å². The highest BCUT2D eigenvalue weighted by Gasteiger charge is 2.52. The minimum Gasteiger partial charge on any atom is -0.462 e. The molecule has 13 heteroatoms. The SMILES string of the molecule is NC1=N[C@](CF)(c2cc(NC(=O)c3cnc(-n4cncn4)cn3)ccc2F)[C@H]2COCC[C@H]2O1. The van der Waals surface area contributed by atoms with Crippen molar-refractivity contribution in [2.45, 2.75) is 18.1 Å². The van der Waals surface area contributed by atoms with Crippen molar-refractivity contribution in [3.63, 3.8) is 0 Å². The number of rotatable bonds is 5. The van der Waals surface area contributed by atoms with Crippen LogP contribution in [0.3, 0.4) is 0 Å². The fourth-order valence-corrected chi connectivity index (χ4v) is 4.24. The van der Waals surface area contributed by atoms with Crippen molar-refractivity contribution in [2.75, 3.05) is 25.2 Å². The molecule has 1 aromatic carbocycles. The molecule has 1 saturated heterocycles. The molecule has 34 heavy (non-hydrogen) atoms. The summed E-state index contributed by atoms with van der Waals surface area (Å²) in [6.07, 6.45) is 5.44. The molecule has 0 saturated carbocycles. The zero-order valence-corrected chi connectivity index (χ0v) is 17.8. The van der Waals surface area contributed by atoms with Crippen LogP contribution < -0.4 is 11.1 Å². The monoisotopic (exact) mass is 470 g/mol. The highest BCUT2D eigenvalue weighted by Crippen LogP contribution is 2.44. The molecule has 0 unspecified atom stereocenters. The molecule has 2 aromatic heterocycles. The second-order valence-electron chi connectivity index (χ2n) is 7.88. The molecule has 4 heterocycles. The predicted octanol–water partition coefficient (Wildman–Crippen LogP) is 1.36. The van der Waals surface area contributed by atoms with Gasteiger partial charge in [0.2, 0.25) is 0 Å². The number of benzene rings is 1. The number of nitrogens with one attached hydrogen (secondary N) is 1. The van der Waals surface area contributed by atoms with Crippen LogP contribution in [0.25, 0.3) is 5.82 Å². The van der Waals surface area contributed by atoms with Gasteiger partial charge in [-0.1, -0.05) is 0 Å². The Kier molecular flexibility index (Phi) is 5.61. The van der Waals surface area contributed by atoms with Crippen LogP contribution in [0.4, 0.5) is 14.5 Å². The number of fused-ring (bicyclic) bond motifs is 1. The van der Waals surface area contributed by atoms with E-state index in [9.17, 15) is 9.18 Å². The largest absolute Gasteiger partial charge is 0.462 e. The van der Waals surface area contributed by atoms with E-state index in [1.807, 2.05) is 0 Å². The topological polar surface area (TPSA) is 142 Å². The summed E-state index contributed by atoms with van der Waals surface area (Å²) in [4.78, 5) is 28.9. The van der Waals surface area contributed by atoms with E-state index in [1.54, 1.807) is 0 Å². The van der Waals surface area contributed by atoms with E-state index in [-0.39, 0.29) is 29.6 Å². The lowest BCUT2D eigenvalue weighted by molar-refractivity contribution is -0.0785. The molecule has 3 N–H and O–H groups in total. The van der Waals surface area contributed by atoms with Gasteiger partial charge in [-0.3, -0.25) is 4.79 Å². The van der Waals surface area contributed by atoms with E-state index in [2.05, 4.69) is 30.4 Å². The number of nitrogens with two attached hydrogens (primary N) is 1. The first-order valence-electron chi connectivity index (χ1n) is 10.4. The van der Waals surface area contributed by atoms with E-state index >= 15 is 4.39 Å². The van der Waals surface area contributed by atoms with Gasteiger partial charge in [0.05, 0.1) is 31.5 Å². The molecule has 0 aliphatic carbocycles. The Morgan fingerprint density at radius 1 is 1.32 bits per heavy atom. The first kappa shape index (κ1) is 21.8. The third-order valence-corrected chi connectivity index (χ3v) is 5.91. The lowest BCUT2D eigenvalue weighted by Gasteiger charge is -2.45. The Labute approximate surface area is 192 Å². The van der Waals surface area contributed by atoms with Crippen molar-refractivity contribution in [1.29, 1.82) is 0 Å². The summed E-state index contributed by atoms with van der Waals surface area (Å²) in [5.41, 5.74) is 4.38. The summed E-state index contributed by atoms with van der Waals surface area (Å²) in [5, 5.41) is 6.57. The number of aromatic nitrogens is 5. The number of hydrogen-bond acceptors (Lipinski definition) is 9. The van der Waals surface area contributed by atoms with Crippen LogP contribution in [-0.2, 0) is 15.0 Å². The van der Waals surface area contributed by atoms with Gasteiger partial charge in [0.25, 0.3) is 11.9 Å². The maximum Gasteiger partial charge on any atom is 0.283 e. The molecule has 11 nitrogen and oxygen atoms in total. The minimum atomic E-state index is -1.64. The van der Waals surface area contributed by atoms with Gasteiger partial charge in [0.15, 0.2) is 5.82 Å². The lowest BCUT2D eigenvalue weighted by atomic mass is 9.74. The second kappa shape index (κ2) is 8.74. The fourth-order valence-electron chi connectivity index (χ4n) is 4.24. The molecule has 2 aliphatic rings. The number of aliphatic imine (C=N–C) groups is 1. The molecule has 176 valence electrons. The molecular formula is C21H20F2N8O3. The van der Waals surface area contributed by atoms with Crippen LogP contribution in [0.5, 0.6) is 0 Å². The Balaban J connectivity index is 1.43. The first-order valence-corrected chi connectivity index (χ1v) is 10.4. The fraction of sp³-hybridized carbons (Fsp3) is 0.333. The van der Waals surface area contributed by atoms with Crippen LogP contribution in [0, 0.1) is 11.7 Å². The summed E-state index contributed by atoms with van der Waals surface area (Å²) in [5.74, 6) is -1.48. The normalized spacial score (nSPS) is 24.0.